The summed E-state index contributed by atoms with van der Waals surface area (Å²) in [6.07, 6.45) is 7.25. The molecule has 0 spiro atoms. The molecule has 4 heteroatoms. The van der Waals surface area contributed by atoms with E-state index in [1.54, 1.807) is 0 Å². The SMILES string of the molecule is C#CCN(CC=C)Cc1nc(-c2ccccc2OCC)oc1C. The van der Waals surface area contributed by atoms with Crippen molar-refractivity contribution in [2.75, 3.05) is 19.7 Å². The summed E-state index contributed by atoms with van der Waals surface area (Å²) in [6, 6.07) is 7.74. The van der Waals surface area contributed by atoms with Crippen LogP contribution in [0.4, 0.5) is 0 Å². The summed E-state index contributed by atoms with van der Waals surface area (Å²) in [4.78, 5) is 6.72. The number of rotatable bonds is 8. The number of terminal acetylenes is 1. The number of nitrogens with zero attached hydrogens (tertiary/aromatic N) is 2. The second-order valence-electron chi connectivity index (χ2n) is 5.11. The van der Waals surface area contributed by atoms with E-state index < -0.39 is 0 Å². The van der Waals surface area contributed by atoms with Crippen LogP contribution in [0.1, 0.15) is 18.4 Å². The second-order valence-corrected chi connectivity index (χ2v) is 5.11. The van der Waals surface area contributed by atoms with Crippen LogP contribution in [0.2, 0.25) is 0 Å². The predicted octanol–water partition coefficient (Wildman–Crippen LogP) is 3.67. The fourth-order valence-electron chi connectivity index (χ4n) is 2.32. The van der Waals surface area contributed by atoms with E-state index in [2.05, 4.69) is 22.4 Å². The fraction of sp³-hybridized carbons (Fsp3) is 0.316. The first kappa shape index (κ1) is 16.9. The molecule has 0 N–H and O–H groups in total. The molecule has 0 saturated carbocycles. The van der Waals surface area contributed by atoms with Gasteiger partial charge in [-0.2, -0.15) is 0 Å². The van der Waals surface area contributed by atoms with Crippen LogP contribution in [0.3, 0.4) is 0 Å². The molecule has 0 fully saturated rings. The Hall–Kier alpha value is -2.51. The highest BCUT2D eigenvalue weighted by Gasteiger charge is 2.16. The number of benzene rings is 1. The Morgan fingerprint density at radius 1 is 1.43 bits per heavy atom. The van der Waals surface area contributed by atoms with Crippen LogP contribution >= 0.6 is 0 Å². The molecule has 0 radical (unpaired) electrons. The number of aromatic nitrogens is 1. The van der Waals surface area contributed by atoms with Crippen molar-refractivity contribution < 1.29 is 9.15 Å². The van der Waals surface area contributed by atoms with Gasteiger partial charge in [0.1, 0.15) is 11.5 Å². The maximum Gasteiger partial charge on any atom is 0.230 e. The van der Waals surface area contributed by atoms with Crippen molar-refractivity contribution in [1.29, 1.82) is 0 Å². The van der Waals surface area contributed by atoms with Crippen LogP contribution in [0.25, 0.3) is 11.5 Å². The largest absolute Gasteiger partial charge is 0.493 e. The minimum atomic E-state index is 0.545. The normalized spacial score (nSPS) is 10.5. The number of hydrogen-bond donors (Lipinski definition) is 0. The molecule has 23 heavy (non-hydrogen) atoms. The van der Waals surface area contributed by atoms with Crippen LogP contribution in [0.15, 0.2) is 41.3 Å². The fourth-order valence-corrected chi connectivity index (χ4v) is 2.32. The highest BCUT2D eigenvalue weighted by Crippen LogP contribution is 2.30. The standard InChI is InChI=1S/C19H22N2O2/c1-5-12-21(13-6-2)14-17-15(4)23-19(20-17)16-10-8-9-11-18(16)22-7-3/h1,6,8-11H,2,7,12-14H2,3-4H3. The van der Waals surface area contributed by atoms with Crippen LogP contribution in [-0.2, 0) is 6.54 Å². The van der Waals surface area contributed by atoms with Gasteiger partial charge in [0.05, 0.1) is 24.4 Å². The van der Waals surface area contributed by atoms with E-state index in [1.807, 2.05) is 44.2 Å². The summed E-state index contributed by atoms with van der Waals surface area (Å²) in [5.74, 6) is 4.79. The van der Waals surface area contributed by atoms with Crippen LogP contribution in [-0.4, -0.2) is 29.6 Å². The van der Waals surface area contributed by atoms with Crippen LogP contribution in [0, 0.1) is 19.3 Å². The summed E-state index contributed by atoms with van der Waals surface area (Å²) in [6.45, 7) is 10.1. The van der Waals surface area contributed by atoms with Gasteiger partial charge in [0.2, 0.25) is 5.89 Å². The molecular formula is C19H22N2O2. The molecule has 0 aliphatic rings. The molecule has 0 saturated heterocycles. The number of hydrogen-bond acceptors (Lipinski definition) is 4. The molecule has 120 valence electrons. The highest BCUT2D eigenvalue weighted by atomic mass is 16.5. The first-order valence-corrected chi connectivity index (χ1v) is 7.64. The lowest BCUT2D eigenvalue weighted by Crippen LogP contribution is -2.24. The molecule has 2 rings (SSSR count). The first-order chi connectivity index (χ1) is 11.2. The van der Waals surface area contributed by atoms with Crippen molar-refractivity contribution in [3.05, 3.63) is 48.4 Å². The Labute approximate surface area is 137 Å². The molecule has 0 amide bonds. The van der Waals surface area contributed by atoms with Crippen molar-refractivity contribution in [2.24, 2.45) is 0 Å². The zero-order valence-corrected chi connectivity index (χ0v) is 13.7. The van der Waals surface area contributed by atoms with E-state index in [1.165, 1.54) is 0 Å². The van der Waals surface area contributed by atoms with E-state index in [0.717, 1.165) is 22.8 Å². The highest BCUT2D eigenvalue weighted by molar-refractivity contribution is 5.63. The van der Waals surface area contributed by atoms with Gasteiger partial charge in [-0.05, 0) is 26.0 Å². The van der Waals surface area contributed by atoms with Gasteiger partial charge in [0, 0.05) is 13.1 Å². The molecule has 0 atom stereocenters. The lowest BCUT2D eigenvalue weighted by molar-refractivity contribution is 0.326. The smallest absolute Gasteiger partial charge is 0.230 e. The molecule has 1 heterocycles. The van der Waals surface area contributed by atoms with Crippen LogP contribution < -0.4 is 4.74 Å². The Balaban J connectivity index is 2.27. The number of oxazole rings is 1. The molecule has 2 aromatic rings. The number of ether oxygens (including phenoxy) is 1. The topological polar surface area (TPSA) is 38.5 Å². The zero-order chi connectivity index (χ0) is 16.7. The third-order valence-corrected chi connectivity index (χ3v) is 3.39. The summed E-state index contributed by atoms with van der Waals surface area (Å²) in [7, 11) is 0. The van der Waals surface area contributed by atoms with Gasteiger partial charge in [-0.25, -0.2) is 4.98 Å². The summed E-state index contributed by atoms with van der Waals surface area (Å²) in [5.41, 5.74) is 1.74. The summed E-state index contributed by atoms with van der Waals surface area (Å²) < 4.78 is 11.5. The molecule has 0 aliphatic heterocycles. The summed E-state index contributed by atoms with van der Waals surface area (Å²) >= 11 is 0. The Bertz CT molecular complexity index is 698. The minimum Gasteiger partial charge on any atom is -0.493 e. The van der Waals surface area contributed by atoms with Crippen molar-refractivity contribution in [2.45, 2.75) is 20.4 Å². The zero-order valence-electron chi connectivity index (χ0n) is 13.7. The average molecular weight is 310 g/mol. The Morgan fingerprint density at radius 2 is 2.22 bits per heavy atom. The van der Waals surface area contributed by atoms with Gasteiger partial charge >= 0.3 is 0 Å². The van der Waals surface area contributed by atoms with E-state index in [0.29, 0.717) is 32.1 Å². The average Bonchev–Trinajstić information content (AvgIpc) is 2.89. The Kier molecular flexibility index (Phi) is 6.02. The van der Waals surface area contributed by atoms with Gasteiger partial charge in [-0.1, -0.05) is 24.1 Å². The van der Waals surface area contributed by atoms with Crippen molar-refractivity contribution in [3.63, 3.8) is 0 Å². The maximum absolute atomic E-state index is 5.85. The monoisotopic (exact) mass is 310 g/mol. The molecule has 1 aromatic carbocycles. The molecule has 0 unspecified atom stereocenters. The van der Waals surface area contributed by atoms with E-state index in [4.69, 9.17) is 15.6 Å². The van der Waals surface area contributed by atoms with Gasteiger partial charge in [-0.15, -0.1) is 13.0 Å². The molecule has 1 aromatic heterocycles. The van der Waals surface area contributed by atoms with Gasteiger partial charge in [0.15, 0.2) is 0 Å². The van der Waals surface area contributed by atoms with E-state index >= 15 is 0 Å². The molecule has 4 nitrogen and oxygen atoms in total. The minimum absolute atomic E-state index is 0.545. The van der Waals surface area contributed by atoms with Gasteiger partial charge in [-0.3, -0.25) is 4.90 Å². The Morgan fingerprint density at radius 3 is 2.91 bits per heavy atom. The number of para-hydroxylation sites is 1. The summed E-state index contributed by atoms with van der Waals surface area (Å²) in [5, 5.41) is 0. The third-order valence-electron chi connectivity index (χ3n) is 3.39. The van der Waals surface area contributed by atoms with Crippen molar-refractivity contribution in [1.82, 2.24) is 9.88 Å². The lowest BCUT2D eigenvalue weighted by atomic mass is 10.2. The van der Waals surface area contributed by atoms with E-state index in [-0.39, 0.29) is 0 Å². The maximum atomic E-state index is 5.85. The molecule has 0 aliphatic carbocycles. The molecular weight excluding hydrogens is 288 g/mol. The first-order valence-electron chi connectivity index (χ1n) is 7.64. The van der Waals surface area contributed by atoms with Crippen LogP contribution in [0.5, 0.6) is 5.75 Å². The predicted molar refractivity (Wildman–Crippen MR) is 92.2 cm³/mol. The van der Waals surface area contributed by atoms with Crippen molar-refractivity contribution in [3.8, 4) is 29.5 Å². The van der Waals surface area contributed by atoms with E-state index in [9.17, 15) is 0 Å². The second kappa shape index (κ2) is 8.21. The van der Waals surface area contributed by atoms with Gasteiger partial charge < -0.3 is 9.15 Å². The van der Waals surface area contributed by atoms with Crippen molar-refractivity contribution >= 4 is 0 Å². The third kappa shape index (κ3) is 4.24. The van der Waals surface area contributed by atoms with Gasteiger partial charge in [0.25, 0.3) is 0 Å². The lowest BCUT2D eigenvalue weighted by Gasteiger charge is -2.15. The molecule has 0 bridgehead atoms. The quantitative estimate of drug-likeness (QED) is 0.551. The number of aryl methyl sites for hydroxylation is 1.